The van der Waals surface area contributed by atoms with Gasteiger partial charge in [0, 0.05) is 0 Å². The van der Waals surface area contributed by atoms with Crippen LogP contribution in [0.2, 0.25) is 0 Å². The molecule has 1 aromatic carbocycles. The molecule has 1 atom stereocenters. The van der Waals surface area contributed by atoms with Crippen molar-refractivity contribution in [1.29, 1.82) is 0 Å². The first kappa shape index (κ1) is 14.7. The lowest BCUT2D eigenvalue weighted by Crippen LogP contribution is -2.12. The summed E-state index contributed by atoms with van der Waals surface area (Å²) in [6.45, 7) is 4.00. The van der Waals surface area contributed by atoms with E-state index in [-0.39, 0.29) is 12.3 Å². The molecule has 4 heteroatoms. The molecule has 0 amide bonds. The van der Waals surface area contributed by atoms with Crippen LogP contribution in [0.4, 0.5) is 0 Å². The number of carboxylic acids is 1. The number of carboxylic acid groups (broad SMARTS) is 1. The fraction of sp³-hybridized carbons (Fsp3) is 0.562. The van der Waals surface area contributed by atoms with Crippen molar-refractivity contribution < 1.29 is 19.4 Å². The molecule has 1 saturated carbocycles. The average molecular weight is 278 g/mol. The van der Waals surface area contributed by atoms with Gasteiger partial charge in [0.15, 0.2) is 11.5 Å². The Morgan fingerprint density at radius 1 is 1.35 bits per heavy atom. The molecule has 110 valence electrons. The van der Waals surface area contributed by atoms with Gasteiger partial charge in [0.1, 0.15) is 0 Å². The monoisotopic (exact) mass is 278 g/mol. The quantitative estimate of drug-likeness (QED) is 0.867. The van der Waals surface area contributed by atoms with Crippen LogP contribution in [0.25, 0.3) is 0 Å². The Kier molecular flexibility index (Phi) is 4.21. The number of methoxy groups -OCH3 is 2. The number of carbonyl (C=O) groups is 1. The van der Waals surface area contributed by atoms with Crippen molar-refractivity contribution in [2.24, 2.45) is 5.92 Å². The largest absolute Gasteiger partial charge is 0.493 e. The second-order valence-corrected chi connectivity index (χ2v) is 5.51. The molecule has 2 rings (SSSR count). The third kappa shape index (κ3) is 2.74. The van der Waals surface area contributed by atoms with Gasteiger partial charge in [-0.05, 0) is 61.3 Å². The number of hydrogen-bond donors (Lipinski definition) is 1. The van der Waals surface area contributed by atoms with Crippen LogP contribution in [0.1, 0.15) is 41.9 Å². The second kappa shape index (κ2) is 5.73. The van der Waals surface area contributed by atoms with Crippen molar-refractivity contribution in [3.05, 3.63) is 22.8 Å². The van der Waals surface area contributed by atoms with E-state index < -0.39 is 5.97 Å². The highest BCUT2D eigenvalue weighted by Crippen LogP contribution is 2.49. The van der Waals surface area contributed by atoms with Crippen LogP contribution < -0.4 is 9.47 Å². The van der Waals surface area contributed by atoms with Gasteiger partial charge < -0.3 is 14.6 Å². The van der Waals surface area contributed by atoms with Crippen molar-refractivity contribution in [3.8, 4) is 11.5 Å². The van der Waals surface area contributed by atoms with E-state index in [1.54, 1.807) is 14.2 Å². The standard InChI is InChI=1S/C16H22O4/c1-9-7-13(19-3)16(20-4)10(2)15(9)12(8-14(17)18)11-5-6-11/h7,11-12H,5-6,8H2,1-4H3,(H,17,18). The molecule has 1 aromatic rings. The van der Waals surface area contributed by atoms with Crippen LogP contribution in [-0.2, 0) is 4.79 Å². The molecule has 1 N–H and O–H groups in total. The van der Waals surface area contributed by atoms with E-state index in [1.807, 2.05) is 19.9 Å². The molecule has 0 saturated heterocycles. The van der Waals surface area contributed by atoms with Gasteiger partial charge in [0.05, 0.1) is 20.6 Å². The predicted octanol–water partition coefficient (Wildman–Crippen LogP) is 3.29. The van der Waals surface area contributed by atoms with E-state index in [2.05, 4.69) is 0 Å². The van der Waals surface area contributed by atoms with Crippen molar-refractivity contribution in [2.45, 2.75) is 39.0 Å². The Balaban J connectivity index is 2.51. The minimum atomic E-state index is -0.740. The average Bonchev–Trinajstić information content (AvgIpc) is 3.20. The molecule has 0 radical (unpaired) electrons. The normalized spacial score (nSPS) is 15.8. The molecule has 0 aromatic heterocycles. The molecule has 0 spiro atoms. The minimum absolute atomic E-state index is 0.0762. The summed E-state index contributed by atoms with van der Waals surface area (Å²) in [5, 5.41) is 9.17. The number of aryl methyl sites for hydroxylation is 1. The van der Waals surface area contributed by atoms with Gasteiger partial charge in [0.2, 0.25) is 0 Å². The molecule has 1 unspecified atom stereocenters. The highest BCUT2D eigenvalue weighted by atomic mass is 16.5. The summed E-state index contributed by atoms with van der Waals surface area (Å²) >= 11 is 0. The first-order valence-electron chi connectivity index (χ1n) is 6.93. The Morgan fingerprint density at radius 3 is 2.45 bits per heavy atom. The molecule has 1 aliphatic carbocycles. The Hall–Kier alpha value is -1.71. The minimum Gasteiger partial charge on any atom is -0.493 e. The lowest BCUT2D eigenvalue weighted by molar-refractivity contribution is -0.137. The van der Waals surface area contributed by atoms with E-state index in [9.17, 15) is 9.90 Å². The molecule has 4 nitrogen and oxygen atoms in total. The first-order chi connectivity index (χ1) is 9.49. The molecule has 1 fully saturated rings. The van der Waals surface area contributed by atoms with Crippen molar-refractivity contribution >= 4 is 5.97 Å². The summed E-state index contributed by atoms with van der Waals surface area (Å²) in [5.74, 6) is 1.24. The summed E-state index contributed by atoms with van der Waals surface area (Å²) in [7, 11) is 3.24. The van der Waals surface area contributed by atoms with Crippen LogP contribution in [0.15, 0.2) is 6.07 Å². The number of ether oxygens (including phenoxy) is 2. The molecule has 1 aliphatic rings. The van der Waals surface area contributed by atoms with Gasteiger partial charge in [-0.2, -0.15) is 0 Å². The van der Waals surface area contributed by atoms with E-state index in [1.165, 1.54) is 0 Å². The summed E-state index contributed by atoms with van der Waals surface area (Å²) in [4.78, 5) is 11.2. The van der Waals surface area contributed by atoms with E-state index in [0.717, 1.165) is 29.5 Å². The fourth-order valence-electron chi connectivity index (χ4n) is 3.11. The molecule has 0 bridgehead atoms. The van der Waals surface area contributed by atoms with Crippen molar-refractivity contribution in [2.75, 3.05) is 14.2 Å². The second-order valence-electron chi connectivity index (χ2n) is 5.51. The Labute approximate surface area is 119 Å². The zero-order chi connectivity index (χ0) is 14.9. The van der Waals surface area contributed by atoms with E-state index >= 15 is 0 Å². The molecular weight excluding hydrogens is 256 g/mol. The van der Waals surface area contributed by atoms with Gasteiger partial charge in [-0.1, -0.05) is 0 Å². The zero-order valence-corrected chi connectivity index (χ0v) is 12.5. The van der Waals surface area contributed by atoms with Gasteiger partial charge in [-0.3, -0.25) is 4.79 Å². The van der Waals surface area contributed by atoms with Gasteiger partial charge in [-0.25, -0.2) is 0 Å². The Bertz CT molecular complexity index is 518. The highest BCUT2D eigenvalue weighted by Gasteiger charge is 2.36. The van der Waals surface area contributed by atoms with Crippen LogP contribution in [0.5, 0.6) is 11.5 Å². The van der Waals surface area contributed by atoms with Gasteiger partial charge >= 0.3 is 5.97 Å². The molecule has 0 aliphatic heterocycles. The summed E-state index contributed by atoms with van der Waals surface area (Å²) in [5.41, 5.74) is 3.20. The topological polar surface area (TPSA) is 55.8 Å². The maximum Gasteiger partial charge on any atom is 0.303 e. The van der Waals surface area contributed by atoms with E-state index in [4.69, 9.17) is 9.47 Å². The van der Waals surface area contributed by atoms with Crippen LogP contribution in [-0.4, -0.2) is 25.3 Å². The van der Waals surface area contributed by atoms with Crippen LogP contribution in [0, 0.1) is 19.8 Å². The predicted molar refractivity (Wildman–Crippen MR) is 76.7 cm³/mol. The first-order valence-corrected chi connectivity index (χ1v) is 6.93. The smallest absolute Gasteiger partial charge is 0.303 e. The maximum absolute atomic E-state index is 11.2. The molecular formula is C16H22O4. The fourth-order valence-corrected chi connectivity index (χ4v) is 3.11. The SMILES string of the molecule is COc1cc(C)c(C(CC(=O)O)C2CC2)c(C)c1OC. The van der Waals surface area contributed by atoms with E-state index in [0.29, 0.717) is 17.4 Å². The number of rotatable bonds is 6. The maximum atomic E-state index is 11.2. The molecule has 0 heterocycles. The third-order valence-electron chi connectivity index (χ3n) is 4.12. The van der Waals surface area contributed by atoms with Gasteiger partial charge in [0.25, 0.3) is 0 Å². The summed E-state index contributed by atoms with van der Waals surface area (Å²) < 4.78 is 10.8. The zero-order valence-electron chi connectivity index (χ0n) is 12.5. The van der Waals surface area contributed by atoms with Crippen molar-refractivity contribution in [1.82, 2.24) is 0 Å². The lowest BCUT2D eigenvalue weighted by atomic mass is 9.84. The lowest BCUT2D eigenvalue weighted by Gasteiger charge is -2.23. The molecule has 20 heavy (non-hydrogen) atoms. The number of benzene rings is 1. The van der Waals surface area contributed by atoms with Crippen LogP contribution in [0.3, 0.4) is 0 Å². The Morgan fingerprint density at radius 2 is 2.00 bits per heavy atom. The number of hydrogen-bond acceptors (Lipinski definition) is 3. The summed E-state index contributed by atoms with van der Waals surface area (Å²) in [6.07, 6.45) is 2.41. The third-order valence-corrected chi connectivity index (χ3v) is 4.12. The van der Waals surface area contributed by atoms with Crippen LogP contribution >= 0.6 is 0 Å². The number of aliphatic carboxylic acids is 1. The highest BCUT2D eigenvalue weighted by molar-refractivity contribution is 5.69. The van der Waals surface area contributed by atoms with Gasteiger partial charge in [-0.15, -0.1) is 0 Å². The van der Waals surface area contributed by atoms with Crippen molar-refractivity contribution in [3.63, 3.8) is 0 Å². The summed E-state index contributed by atoms with van der Waals surface area (Å²) in [6, 6.07) is 1.94.